The predicted molar refractivity (Wildman–Crippen MR) is 251 cm³/mol. The van der Waals surface area contributed by atoms with Crippen LogP contribution in [0.5, 0.6) is 11.5 Å². The summed E-state index contributed by atoms with van der Waals surface area (Å²) in [4.78, 5) is 51.3. The highest BCUT2D eigenvalue weighted by Crippen LogP contribution is 2.36. The van der Waals surface area contributed by atoms with Gasteiger partial charge in [-0.3, -0.25) is 29.3 Å². The van der Waals surface area contributed by atoms with Crippen molar-refractivity contribution < 1.29 is 23.9 Å². The predicted octanol–water partition coefficient (Wildman–Crippen LogP) is 8.44. The Morgan fingerprint density at radius 3 is 2.37 bits per heavy atom. The first-order valence-corrected chi connectivity index (χ1v) is 23.4. The van der Waals surface area contributed by atoms with Gasteiger partial charge in [0, 0.05) is 61.0 Å². The minimum atomic E-state index is -0.471. The number of carbonyl (C=O) groups excluding carboxylic acids is 3. The van der Waals surface area contributed by atoms with Gasteiger partial charge in [-0.1, -0.05) is 85.1 Å². The summed E-state index contributed by atoms with van der Waals surface area (Å²) >= 11 is 3.57. The number of hydrogen-bond acceptors (Lipinski definition) is 11. The zero-order valence-corrected chi connectivity index (χ0v) is 38.8. The summed E-state index contributed by atoms with van der Waals surface area (Å²) in [6.07, 6.45) is 11.5. The maximum Gasteiger partial charge on any atom is 0.241 e. The minimum Gasteiger partial charge on any atom is -0.493 e. The van der Waals surface area contributed by atoms with Gasteiger partial charge in [-0.05, 0) is 69.5 Å². The van der Waals surface area contributed by atoms with Crippen LogP contribution in [0.2, 0.25) is 0 Å². The van der Waals surface area contributed by atoms with Crippen LogP contribution in [0.25, 0.3) is 21.8 Å². The van der Waals surface area contributed by atoms with E-state index in [4.69, 9.17) is 19.4 Å². The molecule has 0 spiro atoms. The number of benzene rings is 3. The Morgan fingerprint density at radius 2 is 1.63 bits per heavy atom. The monoisotopic (exact) mass is 923 g/mol. The number of ether oxygens (including phenoxy) is 2. The van der Waals surface area contributed by atoms with Crippen molar-refractivity contribution in [3.63, 3.8) is 0 Å². The number of aryl methyl sites for hydroxylation is 2. The number of piperazine rings is 1. The molecule has 2 aliphatic heterocycles. The molecule has 63 heavy (non-hydrogen) atoms. The topological polar surface area (TPSA) is 156 Å². The summed E-state index contributed by atoms with van der Waals surface area (Å²) in [5, 5.41) is 15.8. The molecule has 2 atom stereocenters. The standard InChI is InChI=1S/C48H62BrN9O5/c1-32(34-16-14-17-35(49)28-34)51-47-38-29-41(62-4)42(30-40(38)52-33(2)53-47)63-27-13-11-9-7-5-6-8-10-12-22-57-23-25-58(26-24-57)44(60)31-50-39-19-15-18-36-45(55-56(3)46(36)39)37-20-21-43(59)54-48(37)61/h14-19,28-30,32,37,50H,5-13,20-27,31H2,1-4H3,(H,51,52,53)(H,54,59,61)/t32-,37?/m1/s1. The second-order valence-corrected chi connectivity index (χ2v) is 17.8. The number of halogens is 1. The summed E-state index contributed by atoms with van der Waals surface area (Å²) in [5.74, 6) is 1.90. The highest BCUT2D eigenvalue weighted by atomic mass is 79.9. The van der Waals surface area contributed by atoms with Crippen LogP contribution in [0.4, 0.5) is 11.5 Å². The summed E-state index contributed by atoms with van der Waals surface area (Å²) < 4.78 is 14.8. The van der Waals surface area contributed by atoms with Crippen molar-refractivity contribution in [2.24, 2.45) is 7.05 Å². The number of rotatable bonds is 21. The molecule has 3 aromatic carbocycles. The normalized spacial score (nSPS) is 16.3. The van der Waals surface area contributed by atoms with Crippen molar-refractivity contribution in [2.45, 2.75) is 96.4 Å². The van der Waals surface area contributed by atoms with Crippen LogP contribution in [0.15, 0.2) is 59.1 Å². The molecule has 4 heterocycles. The van der Waals surface area contributed by atoms with Crippen molar-refractivity contribution in [3.8, 4) is 11.5 Å². The number of fused-ring (bicyclic) bond motifs is 2. The summed E-state index contributed by atoms with van der Waals surface area (Å²) in [7, 11) is 3.51. The fourth-order valence-corrected chi connectivity index (χ4v) is 9.20. The van der Waals surface area contributed by atoms with Gasteiger partial charge in [0.05, 0.1) is 54.6 Å². The molecule has 14 nitrogen and oxygen atoms in total. The van der Waals surface area contributed by atoms with Crippen LogP contribution in [0, 0.1) is 6.92 Å². The van der Waals surface area contributed by atoms with Crippen LogP contribution < -0.4 is 25.4 Å². The smallest absolute Gasteiger partial charge is 0.241 e. The molecule has 3 amide bonds. The SMILES string of the molecule is COc1cc2c(N[C@H](C)c3cccc(Br)c3)nc(C)nc2cc1OCCCCCCCCCCCN1CCN(C(=O)CNc2cccc3c(C4CCC(=O)NC4=O)nn(C)c23)CC1. The lowest BCUT2D eigenvalue weighted by atomic mass is 9.92. The molecule has 1 unspecified atom stereocenters. The second kappa shape index (κ2) is 21.9. The van der Waals surface area contributed by atoms with Gasteiger partial charge in [-0.25, -0.2) is 9.97 Å². The molecule has 2 saturated heterocycles. The number of anilines is 2. The molecule has 15 heteroatoms. The zero-order valence-electron chi connectivity index (χ0n) is 37.2. The van der Waals surface area contributed by atoms with Crippen LogP contribution in [-0.2, 0) is 21.4 Å². The molecule has 0 saturated carbocycles. The van der Waals surface area contributed by atoms with Crippen molar-refractivity contribution >= 4 is 67.0 Å². The molecule has 0 bridgehead atoms. The Balaban J connectivity index is 0.738. The molecule has 2 aliphatic rings. The number of imide groups is 1. The lowest BCUT2D eigenvalue weighted by molar-refractivity contribution is -0.134. The number of aromatic nitrogens is 4. The highest BCUT2D eigenvalue weighted by Gasteiger charge is 2.32. The van der Waals surface area contributed by atoms with Gasteiger partial charge in [-0.15, -0.1) is 0 Å². The van der Waals surface area contributed by atoms with Crippen LogP contribution >= 0.6 is 15.9 Å². The van der Waals surface area contributed by atoms with E-state index >= 15 is 0 Å². The summed E-state index contributed by atoms with van der Waals surface area (Å²) in [5.41, 5.74) is 4.29. The number of nitrogens with one attached hydrogen (secondary N) is 3. The number of methoxy groups -OCH3 is 1. The van der Waals surface area contributed by atoms with Gasteiger partial charge in [0.1, 0.15) is 11.6 Å². The number of nitrogens with zero attached hydrogens (tertiary/aromatic N) is 6. The molecule has 0 aliphatic carbocycles. The van der Waals surface area contributed by atoms with Gasteiger partial charge in [0.15, 0.2) is 11.5 Å². The van der Waals surface area contributed by atoms with E-state index in [0.717, 1.165) is 88.9 Å². The number of piperidine rings is 1. The Bertz CT molecular complexity index is 2380. The fraction of sp³-hybridized carbons (Fsp3) is 0.500. The molecule has 7 rings (SSSR count). The number of unbranched alkanes of at least 4 members (excludes halogenated alkanes) is 8. The van der Waals surface area contributed by atoms with E-state index in [0.29, 0.717) is 42.5 Å². The van der Waals surface area contributed by atoms with Crippen molar-refractivity contribution in [1.82, 2.24) is 34.9 Å². The van der Waals surface area contributed by atoms with Crippen molar-refractivity contribution in [2.75, 3.05) is 63.6 Å². The molecule has 336 valence electrons. The first-order chi connectivity index (χ1) is 30.6. The van der Waals surface area contributed by atoms with E-state index < -0.39 is 5.92 Å². The van der Waals surface area contributed by atoms with Gasteiger partial charge in [0.2, 0.25) is 17.7 Å². The third kappa shape index (κ3) is 11.8. The van der Waals surface area contributed by atoms with E-state index in [2.05, 4.69) is 60.9 Å². The Kier molecular flexibility index (Phi) is 15.9. The van der Waals surface area contributed by atoms with Gasteiger partial charge in [-0.2, -0.15) is 5.10 Å². The molecular weight excluding hydrogens is 862 g/mol. The van der Waals surface area contributed by atoms with Gasteiger partial charge < -0.3 is 25.0 Å². The Labute approximate surface area is 379 Å². The summed E-state index contributed by atoms with van der Waals surface area (Å²) in [6, 6.07) is 18.0. The van der Waals surface area contributed by atoms with Gasteiger partial charge in [0.25, 0.3) is 0 Å². The molecule has 5 aromatic rings. The third-order valence-electron chi connectivity index (χ3n) is 12.3. The fourth-order valence-electron chi connectivity index (χ4n) is 8.78. The first kappa shape index (κ1) is 45.7. The van der Waals surface area contributed by atoms with E-state index in [1.807, 2.05) is 61.3 Å². The number of hydrogen-bond donors (Lipinski definition) is 3. The molecular formula is C48H62BrN9O5. The first-order valence-electron chi connectivity index (χ1n) is 22.6. The lowest BCUT2D eigenvalue weighted by Crippen LogP contribution is -2.50. The Hall–Kier alpha value is -5.28. The van der Waals surface area contributed by atoms with Crippen molar-refractivity contribution in [3.05, 3.63) is 76.2 Å². The maximum atomic E-state index is 13.2. The number of amides is 3. The average molecular weight is 925 g/mol. The number of para-hydroxylation sites is 1. The minimum absolute atomic E-state index is 0.0481. The number of carbonyl (C=O) groups is 3. The van der Waals surface area contributed by atoms with Crippen LogP contribution in [-0.4, -0.2) is 100 Å². The van der Waals surface area contributed by atoms with E-state index in [9.17, 15) is 14.4 Å². The van der Waals surface area contributed by atoms with E-state index in [1.165, 1.54) is 44.9 Å². The quantitative estimate of drug-likeness (QED) is 0.0480. The molecule has 2 fully saturated rings. The molecule has 3 N–H and O–H groups in total. The summed E-state index contributed by atoms with van der Waals surface area (Å²) in [6.45, 7) is 9.20. The van der Waals surface area contributed by atoms with E-state index in [-0.39, 0.29) is 30.3 Å². The van der Waals surface area contributed by atoms with Gasteiger partial charge >= 0.3 is 0 Å². The zero-order chi connectivity index (χ0) is 44.3. The maximum absolute atomic E-state index is 13.2. The highest BCUT2D eigenvalue weighted by molar-refractivity contribution is 9.10. The van der Waals surface area contributed by atoms with Crippen LogP contribution in [0.3, 0.4) is 0 Å². The third-order valence-corrected chi connectivity index (χ3v) is 12.8. The largest absolute Gasteiger partial charge is 0.493 e. The van der Waals surface area contributed by atoms with Crippen LogP contribution in [0.1, 0.15) is 107 Å². The van der Waals surface area contributed by atoms with E-state index in [1.54, 1.807) is 11.8 Å². The second-order valence-electron chi connectivity index (χ2n) is 16.9. The lowest BCUT2D eigenvalue weighted by Gasteiger charge is -2.34. The molecule has 2 aromatic heterocycles. The Morgan fingerprint density at radius 1 is 0.905 bits per heavy atom. The average Bonchev–Trinajstić information content (AvgIpc) is 3.61. The molecule has 0 radical (unpaired) electrons. The van der Waals surface area contributed by atoms with Crippen molar-refractivity contribution in [1.29, 1.82) is 0 Å².